The number of halogens is 3. The summed E-state index contributed by atoms with van der Waals surface area (Å²) in [5, 5.41) is 7.77. The Morgan fingerprint density at radius 3 is 2.69 bits per heavy atom. The highest BCUT2D eigenvalue weighted by Gasteiger charge is 2.33. The molecule has 3 aromatic rings. The molecule has 1 aromatic heterocycles. The molecule has 1 heterocycles. The van der Waals surface area contributed by atoms with Gasteiger partial charge in [0.15, 0.2) is 0 Å². The van der Waals surface area contributed by atoms with E-state index in [4.69, 9.17) is 5.73 Å². The van der Waals surface area contributed by atoms with Crippen LogP contribution in [-0.2, 0) is 12.7 Å². The van der Waals surface area contributed by atoms with E-state index in [0.29, 0.717) is 17.4 Å². The maximum absolute atomic E-state index is 13.4. The molecule has 136 valence electrons. The predicted octanol–water partition coefficient (Wildman–Crippen LogP) is 3.25. The summed E-state index contributed by atoms with van der Waals surface area (Å²) in [6, 6.07) is 8.95. The molecular weight excluding hydrogens is 345 g/mol. The Balaban J connectivity index is 2.11. The van der Waals surface area contributed by atoms with Gasteiger partial charge in [0, 0.05) is 18.1 Å². The second kappa shape index (κ2) is 6.80. The first-order valence-electron chi connectivity index (χ1n) is 8.00. The first-order chi connectivity index (χ1) is 12.3. The molecular formula is C18H17F3N4O. The number of alkyl halides is 3. The molecule has 0 unspecified atom stereocenters. The fourth-order valence-corrected chi connectivity index (χ4v) is 2.76. The number of benzene rings is 2. The zero-order chi connectivity index (χ0) is 18.9. The van der Waals surface area contributed by atoms with Gasteiger partial charge in [-0.3, -0.25) is 4.79 Å². The third-order valence-electron chi connectivity index (χ3n) is 4.03. The normalized spacial score (nSPS) is 11.8. The van der Waals surface area contributed by atoms with Crippen molar-refractivity contribution in [3.63, 3.8) is 0 Å². The Morgan fingerprint density at radius 2 is 2.04 bits per heavy atom. The van der Waals surface area contributed by atoms with Crippen LogP contribution in [0.3, 0.4) is 0 Å². The molecule has 0 spiro atoms. The van der Waals surface area contributed by atoms with Crippen molar-refractivity contribution in [2.24, 2.45) is 5.73 Å². The van der Waals surface area contributed by atoms with Crippen LogP contribution in [0.2, 0.25) is 0 Å². The summed E-state index contributed by atoms with van der Waals surface area (Å²) >= 11 is 0. The molecule has 0 saturated heterocycles. The van der Waals surface area contributed by atoms with Crippen LogP contribution in [0, 0.1) is 0 Å². The van der Waals surface area contributed by atoms with E-state index >= 15 is 0 Å². The first-order valence-corrected chi connectivity index (χ1v) is 8.00. The number of rotatable bonds is 5. The number of aromatic nitrogens is 2. The number of nitrogens with one attached hydrogen (secondary N) is 1. The van der Waals surface area contributed by atoms with E-state index in [1.54, 1.807) is 24.4 Å². The van der Waals surface area contributed by atoms with Crippen molar-refractivity contribution in [3.05, 3.63) is 59.3 Å². The fraction of sp³-hybridized carbons (Fsp3) is 0.222. The van der Waals surface area contributed by atoms with Crippen LogP contribution in [0.1, 0.15) is 28.4 Å². The molecule has 0 radical (unpaired) electrons. The average molecular weight is 362 g/mol. The molecule has 0 saturated carbocycles. The molecule has 8 heteroatoms. The number of nitrogens with zero attached hydrogens (tertiary/aromatic N) is 2. The third kappa shape index (κ3) is 3.41. The van der Waals surface area contributed by atoms with Crippen molar-refractivity contribution in [3.8, 4) is 5.69 Å². The minimum Gasteiger partial charge on any atom is -0.366 e. The highest BCUT2D eigenvalue weighted by atomic mass is 19.4. The molecule has 1 amide bonds. The van der Waals surface area contributed by atoms with Crippen molar-refractivity contribution >= 4 is 16.8 Å². The summed E-state index contributed by atoms with van der Waals surface area (Å²) in [6.07, 6.45) is -2.91. The topological polar surface area (TPSA) is 72.9 Å². The summed E-state index contributed by atoms with van der Waals surface area (Å²) in [7, 11) is 0. The van der Waals surface area contributed by atoms with Gasteiger partial charge >= 0.3 is 6.18 Å². The van der Waals surface area contributed by atoms with Gasteiger partial charge in [0.2, 0.25) is 0 Å². The summed E-state index contributed by atoms with van der Waals surface area (Å²) in [5.74, 6) is -0.641. The van der Waals surface area contributed by atoms with Gasteiger partial charge in [-0.15, -0.1) is 0 Å². The smallest absolute Gasteiger partial charge is 0.366 e. The van der Waals surface area contributed by atoms with Crippen molar-refractivity contribution in [1.29, 1.82) is 0 Å². The van der Waals surface area contributed by atoms with Crippen LogP contribution >= 0.6 is 0 Å². The Labute approximate surface area is 147 Å². The number of amides is 1. The van der Waals surface area contributed by atoms with Crippen LogP contribution in [0.5, 0.6) is 0 Å². The molecule has 0 aliphatic rings. The summed E-state index contributed by atoms with van der Waals surface area (Å²) < 4.78 is 41.6. The predicted molar refractivity (Wildman–Crippen MR) is 92.0 cm³/mol. The molecule has 2 aromatic carbocycles. The number of hydrogen-bond acceptors (Lipinski definition) is 3. The van der Waals surface area contributed by atoms with Crippen LogP contribution in [0.4, 0.5) is 13.2 Å². The zero-order valence-electron chi connectivity index (χ0n) is 14.0. The maximum Gasteiger partial charge on any atom is 0.416 e. The molecule has 0 aliphatic carbocycles. The molecule has 0 bridgehead atoms. The number of carbonyl (C=O) groups excluding carboxylic acids is 1. The third-order valence-corrected chi connectivity index (χ3v) is 4.03. The highest BCUT2D eigenvalue weighted by Crippen LogP contribution is 2.33. The molecule has 0 fully saturated rings. The van der Waals surface area contributed by atoms with Gasteiger partial charge in [-0.2, -0.15) is 18.3 Å². The van der Waals surface area contributed by atoms with Crippen LogP contribution < -0.4 is 11.1 Å². The highest BCUT2D eigenvalue weighted by molar-refractivity contribution is 6.04. The molecule has 3 rings (SSSR count). The maximum atomic E-state index is 13.4. The summed E-state index contributed by atoms with van der Waals surface area (Å²) in [5.41, 5.74) is 5.61. The van der Waals surface area contributed by atoms with Crippen molar-refractivity contribution in [2.75, 3.05) is 6.54 Å². The van der Waals surface area contributed by atoms with Crippen LogP contribution in [-0.4, -0.2) is 22.2 Å². The van der Waals surface area contributed by atoms with Crippen molar-refractivity contribution < 1.29 is 18.0 Å². The molecule has 5 nitrogen and oxygen atoms in total. The van der Waals surface area contributed by atoms with Gasteiger partial charge in [-0.25, -0.2) is 4.68 Å². The van der Waals surface area contributed by atoms with E-state index in [1.165, 1.54) is 16.8 Å². The van der Waals surface area contributed by atoms with E-state index in [0.717, 1.165) is 6.07 Å². The SMILES string of the molecule is CCNCc1ccc(-n2cc3cccc(C(N)=O)c3n2)cc1C(F)(F)F. The lowest BCUT2D eigenvalue weighted by atomic mass is 10.1. The van der Waals surface area contributed by atoms with Gasteiger partial charge in [0.25, 0.3) is 5.91 Å². The standard InChI is InChI=1S/C18H17F3N4O/c1-2-23-9-11-6-7-13(8-15(11)18(19,20)21)25-10-12-4-3-5-14(17(22)26)16(12)24-25/h3-8,10,23H,2,9H2,1H3,(H2,22,26). The Hall–Kier alpha value is -2.87. The minimum atomic E-state index is -4.48. The Bertz CT molecular complexity index is 963. The second-order valence-electron chi connectivity index (χ2n) is 5.80. The Morgan fingerprint density at radius 1 is 1.27 bits per heavy atom. The van der Waals surface area contributed by atoms with Gasteiger partial charge in [-0.05, 0) is 30.3 Å². The number of carbonyl (C=O) groups is 1. The van der Waals surface area contributed by atoms with E-state index < -0.39 is 17.6 Å². The van der Waals surface area contributed by atoms with Crippen LogP contribution in [0.15, 0.2) is 42.6 Å². The largest absolute Gasteiger partial charge is 0.416 e. The number of primary amides is 1. The summed E-state index contributed by atoms with van der Waals surface area (Å²) in [6.45, 7) is 2.52. The molecule has 26 heavy (non-hydrogen) atoms. The minimum absolute atomic E-state index is 0.124. The van der Waals surface area contributed by atoms with Crippen molar-refractivity contribution in [1.82, 2.24) is 15.1 Å². The molecule has 0 aliphatic heterocycles. The number of fused-ring (bicyclic) bond motifs is 1. The van der Waals surface area contributed by atoms with E-state index in [9.17, 15) is 18.0 Å². The lowest BCUT2D eigenvalue weighted by Gasteiger charge is -2.15. The Kier molecular flexibility index (Phi) is 4.69. The monoisotopic (exact) mass is 362 g/mol. The summed E-state index contributed by atoms with van der Waals surface area (Å²) in [4.78, 5) is 11.5. The van der Waals surface area contributed by atoms with Crippen molar-refractivity contribution in [2.45, 2.75) is 19.6 Å². The van der Waals surface area contributed by atoms with Crippen LogP contribution in [0.25, 0.3) is 16.6 Å². The van der Waals surface area contributed by atoms with E-state index in [-0.39, 0.29) is 23.4 Å². The molecule has 3 N–H and O–H groups in total. The number of nitrogens with two attached hydrogens (primary N) is 1. The van der Waals surface area contributed by atoms with E-state index in [2.05, 4.69) is 10.4 Å². The van der Waals surface area contributed by atoms with Gasteiger partial charge in [0.05, 0.1) is 16.8 Å². The van der Waals surface area contributed by atoms with E-state index in [1.807, 2.05) is 6.92 Å². The van der Waals surface area contributed by atoms with Gasteiger partial charge in [0.1, 0.15) is 5.52 Å². The molecule has 0 atom stereocenters. The quantitative estimate of drug-likeness (QED) is 0.732. The number of hydrogen-bond donors (Lipinski definition) is 2. The first kappa shape index (κ1) is 17.9. The second-order valence-corrected chi connectivity index (χ2v) is 5.80. The fourth-order valence-electron chi connectivity index (χ4n) is 2.76. The lowest BCUT2D eigenvalue weighted by Crippen LogP contribution is -2.17. The average Bonchev–Trinajstić information content (AvgIpc) is 3.02. The van der Waals surface area contributed by atoms with Gasteiger partial charge < -0.3 is 11.1 Å². The lowest BCUT2D eigenvalue weighted by molar-refractivity contribution is -0.138. The zero-order valence-corrected chi connectivity index (χ0v) is 14.0. The van der Waals surface area contributed by atoms with Gasteiger partial charge in [-0.1, -0.05) is 25.1 Å².